The third-order valence-electron chi connectivity index (χ3n) is 3.13. The summed E-state index contributed by atoms with van der Waals surface area (Å²) in [7, 11) is 0. The third-order valence-corrected chi connectivity index (χ3v) is 4.94. The van der Waals surface area contributed by atoms with E-state index in [-0.39, 0.29) is 5.28 Å². The first-order chi connectivity index (χ1) is 11.3. The minimum atomic E-state index is 0.211. The summed E-state index contributed by atoms with van der Waals surface area (Å²) in [5, 5.41) is 0.211. The van der Waals surface area contributed by atoms with Crippen LogP contribution in [0.5, 0.6) is 0 Å². The highest BCUT2D eigenvalue weighted by Gasteiger charge is 2.05. The van der Waals surface area contributed by atoms with E-state index in [4.69, 9.17) is 11.6 Å². The van der Waals surface area contributed by atoms with E-state index in [0.29, 0.717) is 11.9 Å². The van der Waals surface area contributed by atoms with Gasteiger partial charge in [0.2, 0.25) is 17.2 Å². The molecular weight excluding hydrogens is 350 g/mol. The molecule has 0 aromatic carbocycles. The fraction of sp³-hybridized carbons (Fsp3) is 0.800. The monoisotopic (exact) mass is 377 g/mol. The van der Waals surface area contributed by atoms with E-state index in [1.807, 2.05) is 0 Å². The van der Waals surface area contributed by atoms with Crippen molar-refractivity contribution in [2.45, 2.75) is 65.2 Å². The minimum absolute atomic E-state index is 0.211. The lowest BCUT2D eigenvalue weighted by atomic mass is 10.2. The van der Waals surface area contributed by atoms with E-state index < -0.39 is 0 Å². The molecule has 0 atom stereocenters. The molecule has 0 aliphatic heterocycles. The highest BCUT2D eigenvalue weighted by atomic mass is 35.5. The van der Waals surface area contributed by atoms with Crippen LogP contribution in [-0.2, 0) is 0 Å². The molecular formula is C15H28ClN5S2. The van der Waals surface area contributed by atoms with Crippen molar-refractivity contribution in [3.05, 3.63) is 5.28 Å². The highest BCUT2D eigenvalue weighted by molar-refractivity contribution is 8.00. The Morgan fingerprint density at radius 1 is 0.739 bits per heavy atom. The zero-order valence-corrected chi connectivity index (χ0v) is 16.5. The van der Waals surface area contributed by atoms with Gasteiger partial charge >= 0.3 is 0 Å². The molecule has 2 N–H and O–H groups in total. The summed E-state index contributed by atoms with van der Waals surface area (Å²) >= 11 is 9.18. The zero-order chi connectivity index (χ0) is 16.8. The van der Waals surface area contributed by atoms with Crippen LogP contribution < -0.4 is 9.44 Å². The summed E-state index contributed by atoms with van der Waals surface area (Å²) in [5.74, 6) is 3.11. The molecule has 0 aliphatic carbocycles. The first-order valence-corrected chi connectivity index (χ1v) is 10.8. The average molecular weight is 378 g/mol. The van der Waals surface area contributed by atoms with Crippen LogP contribution >= 0.6 is 35.5 Å². The molecule has 0 spiro atoms. The lowest BCUT2D eigenvalue weighted by Crippen LogP contribution is -2.03. The Labute approximate surface area is 153 Å². The molecule has 1 aromatic heterocycles. The van der Waals surface area contributed by atoms with Crippen LogP contribution in [0.25, 0.3) is 0 Å². The number of unbranched alkanes of at least 4 members (excludes halogenated alkanes) is 6. The Kier molecular flexibility index (Phi) is 12.6. The van der Waals surface area contributed by atoms with Gasteiger partial charge in [0.25, 0.3) is 0 Å². The topological polar surface area (TPSA) is 62.7 Å². The lowest BCUT2D eigenvalue weighted by Gasteiger charge is -2.07. The molecule has 1 rings (SSSR count). The summed E-state index contributed by atoms with van der Waals surface area (Å²) in [5.41, 5.74) is 0. The average Bonchev–Trinajstić information content (AvgIpc) is 2.53. The van der Waals surface area contributed by atoms with Gasteiger partial charge in [0.1, 0.15) is 0 Å². The molecule has 1 aromatic rings. The number of hydrogen-bond acceptors (Lipinski definition) is 7. The molecule has 132 valence electrons. The predicted octanol–water partition coefficient (Wildman–Crippen LogP) is 5.81. The largest absolute Gasteiger partial charge is 0.298 e. The Balaban J connectivity index is 2.25. The number of anilines is 2. The van der Waals surface area contributed by atoms with Crippen LogP contribution in [0.15, 0.2) is 0 Å². The fourth-order valence-electron chi connectivity index (χ4n) is 1.87. The third kappa shape index (κ3) is 10.9. The van der Waals surface area contributed by atoms with Gasteiger partial charge in [-0.3, -0.25) is 9.44 Å². The van der Waals surface area contributed by atoms with Crippen molar-refractivity contribution in [2.75, 3.05) is 20.9 Å². The van der Waals surface area contributed by atoms with Gasteiger partial charge in [-0.05, 0) is 24.4 Å². The number of hydrogen-bond donors (Lipinski definition) is 2. The van der Waals surface area contributed by atoms with Crippen LogP contribution in [0, 0.1) is 0 Å². The first-order valence-electron chi connectivity index (χ1n) is 8.43. The van der Waals surface area contributed by atoms with Gasteiger partial charge in [0.05, 0.1) is 0 Å². The molecule has 23 heavy (non-hydrogen) atoms. The minimum Gasteiger partial charge on any atom is -0.298 e. The van der Waals surface area contributed by atoms with E-state index in [0.717, 1.165) is 11.5 Å². The maximum Gasteiger partial charge on any atom is 0.239 e. The molecule has 0 saturated heterocycles. The maximum atomic E-state index is 5.95. The second kappa shape index (κ2) is 14.0. The molecule has 0 radical (unpaired) electrons. The van der Waals surface area contributed by atoms with Crippen molar-refractivity contribution in [2.24, 2.45) is 0 Å². The molecule has 0 aliphatic rings. The normalized spacial score (nSPS) is 10.7. The first kappa shape index (κ1) is 20.6. The molecule has 0 bridgehead atoms. The molecule has 1 heterocycles. The molecule has 0 unspecified atom stereocenters. The quantitative estimate of drug-likeness (QED) is 0.313. The number of nitrogens with one attached hydrogen (secondary N) is 2. The highest BCUT2D eigenvalue weighted by Crippen LogP contribution is 2.17. The number of nitrogens with zero attached hydrogens (tertiary/aromatic N) is 3. The summed E-state index contributed by atoms with van der Waals surface area (Å²) < 4.78 is 6.28. The zero-order valence-electron chi connectivity index (χ0n) is 14.1. The van der Waals surface area contributed by atoms with Gasteiger partial charge in [-0.25, -0.2) is 0 Å². The Morgan fingerprint density at radius 3 is 1.65 bits per heavy atom. The number of halogens is 1. The summed E-state index contributed by atoms with van der Waals surface area (Å²) in [6.45, 7) is 4.43. The smallest absolute Gasteiger partial charge is 0.239 e. The van der Waals surface area contributed by atoms with E-state index in [2.05, 4.69) is 38.2 Å². The summed E-state index contributed by atoms with van der Waals surface area (Å²) in [4.78, 5) is 12.5. The van der Waals surface area contributed by atoms with E-state index in [9.17, 15) is 0 Å². The molecule has 0 fully saturated rings. The van der Waals surface area contributed by atoms with E-state index in [1.165, 1.54) is 51.4 Å². The Hall–Kier alpha value is -0.400. The Bertz CT molecular complexity index is 389. The fourth-order valence-corrected chi connectivity index (χ4v) is 3.38. The van der Waals surface area contributed by atoms with Crippen molar-refractivity contribution in [1.82, 2.24) is 15.0 Å². The second-order valence-electron chi connectivity index (χ2n) is 5.27. The van der Waals surface area contributed by atoms with Gasteiger partial charge in [-0.1, -0.05) is 76.3 Å². The van der Waals surface area contributed by atoms with Crippen molar-refractivity contribution in [3.8, 4) is 0 Å². The maximum absolute atomic E-state index is 5.95. The van der Waals surface area contributed by atoms with Gasteiger partial charge in [-0.2, -0.15) is 15.0 Å². The van der Waals surface area contributed by atoms with Crippen molar-refractivity contribution >= 4 is 47.4 Å². The molecule has 0 amide bonds. The van der Waals surface area contributed by atoms with Crippen LogP contribution in [0.3, 0.4) is 0 Å². The van der Waals surface area contributed by atoms with Crippen molar-refractivity contribution in [1.29, 1.82) is 0 Å². The number of rotatable bonds is 14. The van der Waals surface area contributed by atoms with E-state index >= 15 is 0 Å². The Morgan fingerprint density at radius 2 is 1.22 bits per heavy atom. The van der Waals surface area contributed by atoms with Crippen molar-refractivity contribution in [3.63, 3.8) is 0 Å². The standard InChI is InChI=1S/C15H28ClN5S2/c1-3-5-7-9-11-22-20-14-17-13(16)18-15(19-14)21-23-12-10-8-6-4-2/h3-12H2,1-2H3,(H2,17,18,19,20,21). The predicted molar refractivity (Wildman–Crippen MR) is 105 cm³/mol. The van der Waals surface area contributed by atoms with Crippen LogP contribution in [0.1, 0.15) is 65.2 Å². The second-order valence-corrected chi connectivity index (χ2v) is 7.41. The SMILES string of the molecule is CCCCCCSNc1nc(Cl)nc(NSCCCCCC)n1. The van der Waals surface area contributed by atoms with Gasteiger partial charge in [-0.15, -0.1) is 0 Å². The van der Waals surface area contributed by atoms with Gasteiger partial charge in [0, 0.05) is 11.5 Å². The number of aromatic nitrogens is 3. The van der Waals surface area contributed by atoms with Crippen LogP contribution in [0.2, 0.25) is 5.28 Å². The van der Waals surface area contributed by atoms with Crippen LogP contribution in [0.4, 0.5) is 11.9 Å². The molecule has 8 heteroatoms. The van der Waals surface area contributed by atoms with Gasteiger partial charge in [0.15, 0.2) is 0 Å². The van der Waals surface area contributed by atoms with Gasteiger partial charge < -0.3 is 0 Å². The summed E-state index contributed by atoms with van der Waals surface area (Å²) in [6, 6.07) is 0. The molecule has 5 nitrogen and oxygen atoms in total. The lowest BCUT2D eigenvalue weighted by molar-refractivity contribution is 0.707. The van der Waals surface area contributed by atoms with Crippen molar-refractivity contribution < 1.29 is 0 Å². The van der Waals surface area contributed by atoms with E-state index in [1.54, 1.807) is 23.9 Å². The summed E-state index contributed by atoms with van der Waals surface area (Å²) in [6.07, 6.45) is 10.0. The van der Waals surface area contributed by atoms with Crippen LogP contribution in [-0.4, -0.2) is 26.5 Å². The molecule has 0 saturated carbocycles.